The van der Waals surface area contributed by atoms with Crippen LogP contribution in [0, 0.1) is 0 Å². The molecule has 0 radical (unpaired) electrons. The van der Waals surface area contributed by atoms with Crippen molar-refractivity contribution in [1.29, 1.82) is 0 Å². The molecule has 7 nitrogen and oxygen atoms in total. The van der Waals surface area contributed by atoms with Crippen LogP contribution in [0.1, 0.15) is 39.7 Å². The Kier molecular flexibility index (Phi) is 7.24. The third-order valence-corrected chi connectivity index (χ3v) is 5.07. The van der Waals surface area contributed by atoms with Gasteiger partial charge in [-0.3, -0.25) is 0 Å². The molecule has 1 saturated heterocycles. The van der Waals surface area contributed by atoms with Crippen LogP contribution in [0.25, 0.3) is 0 Å². The maximum atomic E-state index is 12.0. The second kappa shape index (κ2) is 9.87. The number of carbonyl (C=O) groups is 1. The Balaban J connectivity index is 1.54. The van der Waals surface area contributed by atoms with E-state index >= 15 is 0 Å². The van der Waals surface area contributed by atoms with Gasteiger partial charge in [0.25, 0.3) is 0 Å². The van der Waals surface area contributed by atoms with E-state index in [0.717, 1.165) is 45.1 Å². The minimum atomic E-state index is -0.487. The van der Waals surface area contributed by atoms with E-state index in [-0.39, 0.29) is 12.1 Å². The summed E-state index contributed by atoms with van der Waals surface area (Å²) in [5.41, 5.74) is 1.94. The molecule has 1 aromatic carbocycles. The molecule has 2 aliphatic rings. The molecule has 0 aliphatic carbocycles. The van der Waals surface area contributed by atoms with Crippen molar-refractivity contribution < 1.29 is 9.53 Å². The third-order valence-electron chi connectivity index (χ3n) is 5.07. The van der Waals surface area contributed by atoms with Crippen LogP contribution in [0.3, 0.4) is 0 Å². The van der Waals surface area contributed by atoms with Gasteiger partial charge >= 0.3 is 6.09 Å². The summed E-state index contributed by atoms with van der Waals surface area (Å²) in [6, 6.07) is 8.70. The monoisotopic (exact) mass is 413 g/mol. The molecule has 0 aromatic heterocycles. The average molecular weight is 414 g/mol. The van der Waals surface area contributed by atoms with E-state index in [0.29, 0.717) is 6.54 Å². The van der Waals surface area contributed by atoms with Gasteiger partial charge in [0.2, 0.25) is 0 Å². The molecule has 0 spiro atoms. The fourth-order valence-corrected chi connectivity index (χ4v) is 3.64. The largest absolute Gasteiger partial charge is 0.444 e. The van der Waals surface area contributed by atoms with E-state index in [1.54, 1.807) is 0 Å². The molecule has 30 heavy (non-hydrogen) atoms. The molecule has 1 aromatic rings. The first kappa shape index (κ1) is 22.0. The lowest BCUT2D eigenvalue weighted by molar-refractivity contribution is 0.0507. The van der Waals surface area contributed by atoms with Crippen LogP contribution in [-0.4, -0.2) is 61.3 Å². The van der Waals surface area contributed by atoms with Crippen LogP contribution < -0.4 is 15.5 Å². The molecule has 0 bridgehead atoms. The molecule has 164 valence electrons. The molecule has 1 amide bonds. The van der Waals surface area contributed by atoms with Crippen molar-refractivity contribution >= 4 is 17.7 Å². The highest BCUT2D eigenvalue weighted by Crippen LogP contribution is 2.18. The smallest absolute Gasteiger partial charge is 0.407 e. The fourth-order valence-electron chi connectivity index (χ4n) is 3.64. The summed E-state index contributed by atoms with van der Waals surface area (Å²) in [7, 11) is 0. The first-order valence-electron chi connectivity index (χ1n) is 10.9. The van der Waals surface area contributed by atoms with Gasteiger partial charge < -0.3 is 25.2 Å². The fraction of sp³-hybridized carbons (Fsp3) is 0.565. The van der Waals surface area contributed by atoms with Gasteiger partial charge in [-0.25, -0.2) is 9.79 Å². The van der Waals surface area contributed by atoms with Gasteiger partial charge in [0.15, 0.2) is 5.96 Å². The third kappa shape index (κ3) is 6.40. The molecule has 3 rings (SSSR count). The summed E-state index contributed by atoms with van der Waals surface area (Å²) in [6.45, 7) is 12.7. The topological polar surface area (TPSA) is 69.2 Å². The zero-order valence-electron chi connectivity index (χ0n) is 18.6. The van der Waals surface area contributed by atoms with Crippen molar-refractivity contribution in [3.63, 3.8) is 0 Å². The number of ether oxygens (including phenoxy) is 1. The van der Waals surface area contributed by atoms with Crippen LogP contribution in [0.15, 0.2) is 41.4 Å². The van der Waals surface area contributed by atoms with E-state index in [4.69, 9.17) is 9.73 Å². The number of likely N-dealkylation sites (tertiary alicyclic amines) is 1. The molecule has 2 N–H and O–H groups in total. The van der Waals surface area contributed by atoms with Crippen molar-refractivity contribution in [1.82, 2.24) is 15.5 Å². The SMILES string of the molecule is CCNC(=NCc1ccc(N2CC=CC2)cc1)N1CCC(NC(=O)OC(C)(C)C)C1. The molecule has 2 heterocycles. The number of benzene rings is 1. The predicted octanol–water partition coefficient (Wildman–Crippen LogP) is 3.13. The van der Waals surface area contributed by atoms with Gasteiger partial charge in [0, 0.05) is 38.4 Å². The number of amides is 1. The van der Waals surface area contributed by atoms with E-state index in [1.165, 1.54) is 11.3 Å². The Morgan fingerprint density at radius 3 is 2.53 bits per heavy atom. The second-order valence-electron chi connectivity index (χ2n) is 8.79. The normalized spacial score (nSPS) is 19.3. The quantitative estimate of drug-likeness (QED) is 0.441. The second-order valence-corrected chi connectivity index (χ2v) is 8.79. The van der Waals surface area contributed by atoms with Gasteiger partial charge in [-0.2, -0.15) is 0 Å². The summed E-state index contributed by atoms with van der Waals surface area (Å²) in [5, 5.41) is 6.35. The van der Waals surface area contributed by atoms with Crippen LogP contribution in [-0.2, 0) is 11.3 Å². The average Bonchev–Trinajstić information content (AvgIpc) is 3.36. The van der Waals surface area contributed by atoms with Crippen molar-refractivity contribution in [3.05, 3.63) is 42.0 Å². The van der Waals surface area contributed by atoms with Gasteiger partial charge in [-0.1, -0.05) is 24.3 Å². The first-order valence-corrected chi connectivity index (χ1v) is 10.9. The van der Waals surface area contributed by atoms with Gasteiger partial charge in [0.1, 0.15) is 5.60 Å². The summed E-state index contributed by atoms with van der Waals surface area (Å²) >= 11 is 0. The van der Waals surface area contributed by atoms with E-state index in [2.05, 4.69) is 63.8 Å². The molecular weight excluding hydrogens is 378 g/mol. The van der Waals surface area contributed by atoms with Gasteiger partial charge in [-0.15, -0.1) is 0 Å². The van der Waals surface area contributed by atoms with Gasteiger partial charge in [0.05, 0.1) is 12.6 Å². The minimum Gasteiger partial charge on any atom is -0.444 e. The number of nitrogens with one attached hydrogen (secondary N) is 2. The number of nitrogens with zero attached hydrogens (tertiary/aromatic N) is 3. The molecule has 0 saturated carbocycles. The molecule has 1 atom stereocenters. The zero-order chi connectivity index (χ0) is 21.6. The Hall–Kier alpha value is -2.70. The molecule has 2 aliphatic heterocycles. The van der Waals surface area contributed by atoms with E-state index in [1.807, 2.05) is 20.8 Å². The summed E-state index contributed by atoms with van der Waals surface area (Å²) < 4.78 is 5.37. The Labute approximate surface area is 180 Å². The highest BCUT2D eigenvalue weighted by molar-refractivity contribution is 5.80. The number of guanidine groups is 1. The Morgan fingerprint density at radius 1 is 1.20 bits per heavy atom. The highest BCUT2D eigenvalue weighted by atomic mass is 16.6. The van der Waals surface area contributed by atoms with Crippen LogP contribution >= 0.6 is 0 Å². The number of carbonyl (C=O) groups excluding carboxylic acids is 1. The number of anilines is 1. The highest BCUT2D eigenvalue weighted by Gasteiger charge is 2.27. The number of hydrogen-bond donors (Lipinski definition) is 2. The summed E-state index contributed by atoms with van der Waals surface area (Å²) in [5.74, 6) is 0.888. The lowest BCUT2D eigenvalue weighted by Crippen LogP contribution is -2.44. The lowest BCUT2D eigenvalue weighted by atomic mass is 10.2. The van der Waals surface area contributed by atoms with E-state index < -0.39 is 5.60 Å². The van der Waals surface area contributed by atoms with Crippen molar-refractivity contribution in [3.8, 4) is 0 Å². The lowest BCUT2D eigenvalue weighted by Gasteiger charge is -2.23. The molecular formula is C23H35N5O2. The molecule has 7 heteroatoms. The number of aliphatic imine (C=N–C) groups is 1. The molecule has 1 fully saturated rings. The van der Waals surface area contributed by atoms with E-state index in [9.17, 15) is 4.79 Å². The first-order chi connectivity index (χ1) is 14.3. The van der Waals surface area contributed by atoms with Crippen LogP contribution in [0.4, 0.5) is 10.5 Å². The maximum Gasteiger partial charge on any atom is 0.407 e. The predicted molar refractivity (Wildman–Crippen MR) is 122 cm³/mol. The number of hydrogen-bond acceptors (Lipinski definition) is 4. The van der Waals surface area contributed by atoms with Crippen molar-refractivity contribution in [2.24, 2.45) is 4.99 Å². The minimum absolute atomic E-state index is 0.0667. The van der Waals surface area contributed by atoms with Crippen molar-refractivity contribution in [2.45, 2.75) is 52.3 Å². The number of rotatable bonds is 5. The van der Waals surface area contributed by atoms with Crippen molar-refractivity contribution in [2.75, 3.05) is 37.6 Å². The Morgan fingerprint density at radius 2 is 1.90 bits per heavy atom. The summed E-state index contributed by atoms with van der Waals surface area (Å²) in [4.78, 5) is 21.4. The Bertz CT molecular complexity index is 759. The maximum absolute atomic E-state index is 12.0. The van der Waals surface area contributed by atoms with Crippen LogP contribution in [0.2, 0.25) is 0 Å². The van der Waals surface area contributed by atoms with Gasteiger partial charge in [-0.05, 0) is 51.8 Å². The number of alkyl carbamates (subject to hydrolysis) is 1. The standard InChI is InChI=1S/C23H35N5O2/c1-5-24-21(28-15-12-19(17-28)26-22(29)30-23(2,3)4)25-16-18-8-10-20(11-9-18)27-13-6-7-14-27/h6-11,19H,5,12-17H2,1-4H3,(H,24,25)(H,26,29). The summed E-state index contributed by atoms with van der Waals surface area (Å²) in [6.07, 6.45) is 4.91. The van der Waals surface area contributed by atoms with Crippen LogP contribution in [0.5, 0.6) is 0 Å². The molecule has 1 unspecified atom stereocenters. The zero-order valence-corrected chi connectivity index (χ0v) is 18.6.